The van der Waals surface area contributed by atoms with Crippen LogP contribution in [0.4, 0.5) is 21.3 Å². The van der Waals surface area contributed by atoms with Crippen LogP contribution in [-0.4, -0.2) is 56.6 Å². The number of aliphatic hydroxyl groups excluding tert-OH is 1. The van der Waals surface area contributed by atoms with Crippen molar-refractivity contribution in [1.82, 2.24) is 24.7 Å². The molecule has 0 saturated heterocycles. The quantitative estimate of drug-likeness (QED) is 0.428. The fourth-order valence-corrected chi connectivity index (χ4v) is 4.71. The fraction of sp³-hybridized carbons (Fsp3) is 0.273. The lowest BCUT2D eigenvalue weighted by atomic mass is 10.2. The maximum Gasteiger partial charge on any atom is 0.229 e. The Morgan fingerprint density at radius 1 is 1.21 bits per heavy atom. The van der Waals surface area contributed by atoms with Crippen molar-refractivity contribution in [2.75, 3.05) is 37.0 Å². The number of fused-ring (bicyclic) bond motifs is 3. The lowest BCUT2D eigenvalue weighted by Crippen LogP contribution is -2.28. The van der Waals surface area contributed by atoms with E-state index < -0.39 is 5.82 Å². The zero-order valence-electron chi connectivity index (χ0n) is 17.9. The molecule has 0 bridgehead atoms. The van der Waals surface area contributed by atoms with Gasteiger partial charge in [0.15, 0.2) is 16.8 Å². The molecule has 3 aromatic heterocycles. The molecule has 1 aromatic carbocycles. The first-order valence-corrected chi connectivity index (χ1v) is 11.3. The van der Waals surface area contributed by atoms with E-state index in [4.69, 9.17) is 14.8 Å². The summed E-state index contributed by atoms with van der Waals surface area (Å²) >= 11 is 1.51. The van der Waals surface area contributed by atoms with Crippen molar-refractivity contribution in [2.24, 2.45) is 0 Å². The molecule has 9 nitrogen and oxygen atoms in total. The van der Waals surface area contributed by atoms with Crippen LogP contribution >= 0.6 is 11.3 Å². The van der Waals surface area contributed by atoms with Gasteiger partial charge in [0, 0.05) is 30.6 Å². The lowest BCUT2D eigenvalue weighted by Gasteiger charge is -2.20. The van der Waals surface area contributed by atoms with Gasteiger partial charge in [-0.3, -0.25) is 4.68 Å². The van der Waals surface area contributed by atoms with Crippen LogP contribution in [-0.2, 0) is 13.0 Å². The number of hydrogen-bond acceptors (Lipinski definition) is 9. The number of methoxy groups -OCH3 is 1. The van der Waals surface area contributed by atoms with Gasteiger partial charge in [-0.2, -0.15) is 5.10 Å². The molecule has 4 heterocycles. The first kappa shape index (κ1) is 21.3. The van der Waals surface area contributed by atoms with Crippen molar-refractivity contribution < 1.29 is 14.2 Å². The molecule has 1 aliphatic rings. The molecule has 0 saturated carbocycles. The van der Waals surface area contributed by atoms with Crippen molar-refractivity contribution in [3.63, 3.8) is 0 Å². The summed E-state index contributed by atoms with van der Waals surface area (Å²) in [6.45, 7) is 1.85. The first-order valence-electron chi connectivity index (χ1n) is 10.4. The first-order chi connectivity index (χ1) is 16.1. The number of β-amino-alcohol motifs (C(OH)–C–C–N with tert-alkyl or cyclic N) is 1. The van der Waals surface area contributed by atoms with E-state index in [1.165, 1.54) is 11.3 Å². The van der Waals surface area contributed by atoms with Crippen molar-refractivity contribution in [2.45, 2.75) is 13.0 Å². The largest absolute Gasteiger partial charge is 0.497 e. The molecule has 2 N–H and O–H groups in total. The number of nitrogens with one attached hydrogen (secondary N) is 1. The number of anilines is 3. The van der Waals surface area contributed by atoms with Gasteiger partial charge in [0.2, 0.25) is 5.95 Å². The van der Waals surface area contributed by atoms with Crippen molar-refractivity contribution in [1.29, 1.82) is 0 Å². The van der Waals surface area contributed by atoms with Gasteiger partial charge in [-0.1, -0.05) is 12.1 Å². The van der Waals surface area contributed by atoms with Gasteiger partial charge in [-0.15, -0.1) is 11.3 Å². The Kier molecular flexibility index (Phi) is 5.88. The van der Waals surface area contributed by atoms with E-state index in [1.54, 1.807) is 7.11 Å². The smallest absolute Gasteiger partial charge is 0.229 e. The van der Waals surface area contributed by atoms with Crippen molar-refractivity contribution >= 4 is 28.2 Å². The van der Waals surface area contributed by atoms with E-state index in [0.717, 1.165) is 58.6 Å². The second-order valence-electron chi connectivity index (χ2n) is 7.51. The third-order valence-corrected chi connectivity index (χ3v) is 6.35. The Balaban J connectivity index is 1.47. The number of aliphatic hydroxyl groups is 1. The topological polar surface area (TPSA) is 101 Å². The molecule has 1 aliphatic heterocycles. The number of nitrogens with zero attached hydrogens (tertiary/aromatic N) is 6. The van der Waals surface area contributed by atoms with Gasteiger partial charge in [0.05, 0.1) is 43.9 Å². The number of thiazole rings is 1. The maximum atomic E-state index is 13.1. The average Bonchev–Trinajstić information content (AvgIpc) is 3.39. The van der Waals surface area contributed by atoms with Gasteiger partial charge < -0.3 is 20.1 Å². The van der Waals surface area contributed by atoms with E-state index in [1.807, 2.05) is 35.1 Å². The summed E-state index contributed by atoms with van der Waals surface area (Å²) in [5.74, 6) is 1.40. The molecule has 11 heteroatoms. The Morgan fingerprint density at radius 3 is 2.73 bits per heavy atom. The van der Waals surface area contributed by atoms with Crippen LogP contribution < -0.4 is 15.0 Å². The number of hydrogen-bond donors (Lipinski definition) is 2. The summed E-state index contributed by atoms with van der Waals surface area (Å²) < 4.78 is 20.2. The van der Waals surface area contributed by atoms with E-state index in [9.17, 15) is 9.50 Å². The van der Waals surface area contributed by atoms with Crippen LogP contribution in [0, 0.1) is 5.82 Å². The van der Waals surface area contributed by atoms with E-state index in [0.29, 0.717) is 18.2 Å². The van der Waals surface area contributed by atoms with Gasteiger partial charge >= 0.3 is 0 Å². The van der Waals surface area contributed by atoms with Crippen LogP contribution in [0.15, 0.2) is 42.9 Å². The lowest BCUT2D eigenvalue weighted by molar-refractivity contribution is 0.301. The third-order valence-electron chi connectivity index (χ3n) is 5.32. The second-order valence-corrected chi connectivity index (χ2v) is 8.60. The van der Waals surface area contributed by atoms with Gasteiger partial charge in [0.1, 0.15) is 5.75 Å². The fourth-order valence-electron chi connectivity index (χ4n) is 3.75. The summed E-state index contributed by atoms with van der Waals surface area (Å²) in [4.78, 5) is 15.9. The van der Waals surface area contributed by atoms with Gasteiger partial charge in [0.25, 0.3) is 0 Å². The molecule has 0 aliphatic carbocycles. The van der Waals surface area contributed by atoms with Crippen LogP contribution in [0.25, 0.3) is 11.3 Å². The molecule has 33 heavy (non-hydrogen) atoms. The zero-order chi connectivity index (χ0) is 22.8. The van der Waals surface area contributed by atoms with Gasteiger partial charge in [-0.25, -0.2) is 19.3 Å². The van der Waals surface area contributed by atoms with Crippen LogP contribution in [0.3, 0.4) is 0 Å². The molecule has 4 aromatic rings. The highest BCUT2D eigenvalue weighted by molar-refractivity contribution is 7.16. The van der Waals surface area contributed by atoms with E-state index >= 15 is 0 Å². The second kappa shape index (κ2) is 9.12. The summed E-state index contributed by atoms with van der Waals surface area (Å²) in [6.07, 6.45) is 4.99. The van der Waals surface area contributed by atoms with Crippen molar-refractivity contribution in [3.8, 4) is 17.0 Å². The summed E-state index contributed by atoms with van der Waals surface area (Å²) in [5.41, 5.74) is 2.85. The molecular formula is C22H22FN7O2S. The Labute approximate surface area is 193 Å². The normalized spacial score (nSPS) is 12.8. The monoisotopic (exact) mass is 467 g/mol. The summed E-state index contributed by atoms with van der Waals surface area (Å²) in [6, 6.07) is 7.87. The number of halogens is 1. The zero-order valence-corrected chi connectivity index (χ0v) is 18.7. The van der Waals surface area contributed by atoms with E-state index in [-0.39, 0.29) is 12.6 Å². The van der Waals surface area contributed by atoms with Crippen LogP contribution in [0.1, 0.15) is 10.4 Å². The molecule has 0 amide bonds. The molecule has 0 spiro atoms. The van der Waals surface area contributed by atoms with Crippen LogP contribution in [0.2, 0.25) is 0 Å². The molecule has 5 rings (SSSR count). The standard InChI is InChI=1S/C22H22FN7O2S/c1-32-16-4-2-14(3-5-16)12-30-13-17-19-18(6-7-29(8-9-31)20(17)28-30)33-22(26-19)27-21-24-10-15(23)11-25-21/h2-5,10-11,13,31H,6-9,12H2,1H3,(H,24,25,26,27). The SMILES string of the molecule is COc1ccc(Cn2cc3c(n2)N(CCO)CCc2sc(Nc4ncc(F)cn4)nc2-3)cc1. The van der Waals surface area contributed by atoms with Crippen molar-refractivity contribution in [3.05, 3.63) is 59.1 Å². The highest BCUT2D eigenvalue weighted by Crippen LogP contribution is 2.39. The van der Waals surface area contributed by atoms with Gasteiger partial charge in [-0.05, 0) is 17.7 Å². The highest BCUT2D eigenvalue weighted by Gasteiger charge is 2.27. The summed E-state index contributed by atoms with van der Waals surface area (Å²) in [7, 11) is 1.64. The Hall–Kier alpha value is -3.57. The minimum Gasteiger partial charge on any atom is -0.497 e. The number of aromatic nitrogens is 5. The summed E-state index contributed by atoms with van der Waals surface area (Å²) in [5, 5.41) is 18.1. The highest BCUT2D eigenvalue weighted by atomic mass is 32.1. The molecule has 0 fully saturated rings. The predicted molar refractivity (Wildman–Crippen MR) is 124 cm³/mol. The molecule has 0 atom stereocenters. The molecule has 0 radical (unpaired) electrons. The Morgan fingerprint density at radius 2 is 2.00 bits per heavy atom. The molecule has 0 unspecified atom stereocenters. The minimum atomic E-state index is -0.492. The minimum absolute atomic E-state index is 0.0422. The van der Waals surface area contributed by atoms with Crippen LogP contribution in [0.5, 0.6) is 5.75 Å². The number of benzene rings is 1. The van der Waals surface area contributed by atoms with E-state index in [2.05, 4.69) is 20.2 Å². The number of rotatable bonds is 7. The molecule has 170 valence electrons. The predicted octanol–water partition coefficient (Wildman–Crippen LogP) is 3.09. The number of ether oxygens (including phenoxy) is 1. The molecular weight excluding hydrogens is 445 g/mol. The maximum absolute atomic E-state index is 13.1. The third kappa shape index (κ3) is 4.50. The Bertz CT molecular complexity index is 1240. The average molecular weight is 468 g/mol.